The number of hydrogen-bond donors (Lipinski definition) is 0. The van der Waals surface area contributed by atoms with Crippen LogP contribution in [0.25, 0.3) is 0 Å². The van der Waals surface area contributed by atoms with Crippen LogP contribution < -0.4 is 4.90 Å². The van der Waals surface area contributed by atoms with Crippen molar-refractivity contribution in [2.24, 2.45) is 0 Å². The molecule has 1 rings (SSSR count). The molecule has 0 saturated heterocycles. The molecule has 0 aliphatic heterocycles. The normalized spacial score (nSPS) is 12.6. The van der Waals surface area contributed by atoms with Gasteiger partial charge in [-0.25, -0.2) is 0 Å². The molecule has 0 radical (unpaired) electrons. The number of nitrogens with zero attached hydrogens (tertiary/aromatic N) is 1. The zero-order valence-corrected chi connectivity index (χ0v) is 11.8. The molecule has 1 nitrogen and oxygen atoms in total. The van der Waals surface area contributed by atoms with Gasteiger partial charge in [0.2, 0.25) is 0 Å². The van der Waals surface area contributed by atoms with E-state index in [4.69, 9.17) is 11.6 Å². The predicted molar refractivity (Wildman–Crippen MR) is 72.2 cm³/mol. The molecule has 1 aromatic carbocycles. The van der Waals surface area contributed by atoms with Gasteiger partial charge < -0.3 is 4.90 Å². The molecule has 0 bridgehead atoms. The van der Waals surface area contributed by atoms with Gasteiger partial charge in [0.1, 0.15) is 0 Å². The smallest absolute Gasteiger partial charge is 0.0410 e. The number of alkyl halides is 1. The van der Waals surface area contributed by atoms with Crippen molar-refractivity contribution >= 4 is 33.2 Å². The summed E-state index contributed by atoms with van der Waals surface area (Å²) in [7, 11) is 2.13. The molecular weight excluding hydrogens is 273 g/mol. The first-order chi connectivity index (χ1) is 7.10. The predicted octanol–water partition coefficient (Wildman–Crippen LogP) is 4.47. The third kappa shape index (κ3) is 3.12. The Balaban J connectivity index is 3.02. The minimum Gasteiger partial charge on any atom is -0.372 e. The van der Waals surface area contributed by atoms with Crippen LogP contribution in [-0.2, 0) is 5.33 Å². The second-order valence-electron chi connectivity index (χ2n) is 3.77. The van der Waals surface area contributed by atoms with Gasteiger partial charge in [0, 0.05) is 29.1 Å². The van der Waals surface area contributed by atoms with Crippen LogP contribution in [0.15, 0.2) is 18.2 Å². The number of rotatable bonds is 4. The second-order valence-corrected chi connectivity index (χ2v) is 4.77. The average molecular weight is 291 g/mol. The molecule has 0 spiro atoms. The van der Waals surface area contributed by atoms with Gasteiger partial charge in [-0.1, -0.05) is 34.5 Å². The molecule has 1 atom stereocenters. The van der Waals surface area contributed by atoms with E-state index in [9.17, 15) is 0 Å². The molecule has 0 aliphatic rings. The van der Waals surface area contributed by atoms with E-state index in [0.717, 1.165) is 16.8 Å². The molecule has 3 heteroatoms. The minimum atomic E-state index is 0.545. The summed E-state index contributed by atoms with van der Waals surface area (Å²) in [5.41, 5.74) is 2.50. The van der Waals surface area contributed by atoms with Crippen molar-refractivity contribution in [2.45, 2.75) is 31.6 Å². The standard InChI is InChI=1S/C12H17BrClN/c1-4-9(2)15(3)12-6-5-11(14)7-10(12)8-13/h5-7,9H,4,8H2,1-3H3. The minimum absolute atomic E-state index is 0.545. The summed E-state index contributed by atoms with van der Waals surface area (Å²) in [5.74, 6) is 0. The van der Waals surface area contributed by atoms with Crippen molar-refractivity contribution in [3.05, 3.63) is 28.8 Å². The van der Waals surface area contributed by atoms with Crippen molar-refractivity contribution < 1.29 is 0 Å². The van der Waals surface area contributed by atoms with Gasteiger partial charge in [0.15, 0.2) is 0 Å². The Labute approximate surface area is 106 Å². The first-order valence-corrected chi connectivity index (χ1v) is 6.67. The topological polar surface area (TPSA) is 3.24 Å². The molecule has 0 saturated carbocycles. The fraction of sp³-hybridized carbons (Fsp3) is 0.500. The molecule has 15 heavy (non-hydrogen) atoms. The van der Waals surface area contributed by atoms with E-state index < -0.39 is 0 Å². The third-order valence-electron chi connectivity index (χ3n) is 2.82. The largest absolute Gasteiger partial charge is 0.372 e. The Kier molecular flexibility index (Phi) is 4.94. The lowest BCUT2D eigenvalue weighted by atomic mass is 10.1. The highest BCUT2D eigenvalue weighted by atomic mass is 79.9. The maximum Gasteiger partial charge on any atom is 0.0410 e. The second kappa shape index (κ2) is 5.76. The summed E-state index contributed by atoms with van der Waals surface area (Å²) in [5, 5.41) is 1.63. The Bertz CT molecular complexity index is 327. The Hall–Kier alpha value is -0.210. The Morgan fingerprint density at radius 1 is 1.47 bits per heavy atom. The molecule has 0 heterocycles. The zero-order valence-electron chi connectivity index (χ0n) is 9.43. The maximum absolute atomic E-state index is 5.97. The van der Waals surface area contributed by atoms with Crippen LogP contribution in [0.3, 0.4) is 0 Å². The highest BCUT2D eigenvalue weighted by Crippen LogP contribution is 2.27. The van der Waals surface area contributed by atoms with Crippen LogP contribution in [-0.4, -0.2) is 13.1 Å². The fourth-order valence-electron chi connectivity index (χ4n) is 1.52. The molecule has 0 aliphatic carbocycles. The van der Waals surface area contributed by atoms with Crippen molar-refractivity contribution in [3.63, 3.8) is 0 Å². The van der Waals surface area contributed by atoms with E-state index in [0.29, 0.717) is 6.04 Å². The SMILES string of the molecule is CCC(C)N(C)c1ccc(Cl)cc1CBr. The van der Waals surface area contributed by atoms with Gasteiger partial charge in [-0.05, 0) is 37.1 Å². The lowest BCUT2D eigenvalue weighted by Crippen LogP contribution is -2.28. The summed E-state index contributed by atoms with van der Waals surface area (Å²) in [6, 6.07) is 6.60. The quantitative estimate of drug-likeness (QED) is 0.740. The van der Waals surface area contributed by atoms with Gasteiger partial charge >= 0.3 is 0 Å². The van der Waals surface area contributed by atoms with E-state index in [2.05, 4.69) is 47.8 Å². The van der Waals surface area contributed by atoms with Gasteiger partial charge in [0.05, 0.1) is 0 Å². The fourth-order valence-corrected chi connectivity index (χ4v) is 2.16. The summed E-state index contributed by atoms with van der Waals surface area (Å²) >= 11 is 9.47. The first kappa shape index (κ1) is 12.9. The van der Waals surface area contributed by atoms with Crippen LogP contribution in [0.2, 0.25) is 5.02 Å². The Morgan fingerprint density at radius 2 is 2.13 bits per heavy atom. The van der Waals surface area contributed by atoms with Crippen molar-refractivity contribution in [2.75, 3.05) is 11.9 Å². The van der Waals surface area contributed by atoms with Gasteiger partial charge in [-0.3, -0.25) is 0 Å². The van der Waals surface area contributed by atoms with Crippen molar-refractivity contribution in [3.8, 4) is 0 Å². The summed E-state index contributed by atoms with van der Waals surface area (Å²) in [6.07, 6.45) is 1.14. The molecular formula is C12H17BrClN. The van der Waals surface area contributed by atoms with E-state index in [1.165, 1.54) is 11.3 Å². The molecule has 84 valence electrons. The van der Waals surface area contributed by atoms with Gasteiger partial charge in [0.25, 0.3) is 0 Å². The van der Waals surface area contributed by atoms with Crippen LogP contribution in [0.5, 0.6) is 0 Å². The maximum atomic E-state index is 5.97. The molecule has 1 unspecified atom stereocenters. The van der Waals surface area contributed by atoms with Crippen LogP contribution in [0.1, 0.15) is 25.8 Å². The lowest BCUT2D eigenvalue weighted by Gasteiger charge is -2.28. The molecule has 0 aromatic heterocycles. The van der Waals surface area contributed by atoms with E-state index in [1.54, 1.807) is 0 Å². The van der Waals surface area contributed by atoms with Crippen LogP contribution in [0.4, 0.5) is 5.69 Å². The molecule has 1 aromatic rings. The van der Waals surface area contributed by atoms with E-state index in [-0.39, 0.29) is 0 Å². The summed E-state index contributed by atoms with van der Waals surface area (Å²) in [4.78, 5) is 2.30. The van der Waals surface area contributed by atoms with Crippen molar-refractivity contribution in [1.82, 2.24) is 0 Å². The van der Waals surface area contributed by atoms with Crippen molar-refractivity contribution in [1.29, 1.82) is 0 Å². The zero-order chi connectivity index (χ0) is 11.4. The van der Waals surface area contributed by atoms with E-state index >= 15 is 0 Å². The number of benzene rings is 1. The summed E-state index contributed by atoms with van der Waals surface area (Å²) < 4.78 is 0. The highest BCUT2D eigenvalue weighted by Gasteiger charge is 2.11. The highest BCUT2D eigenvalue weighted by molar-refractivity contribution is 9.08. The number of anilines is 1. The average Bonchev–Trinajstić information content (AvgIpc) is 2.26. The Morgan fingerprint density at radius 3 is 2.67 bits per heavy atom. The van der Waals surface area contributed by atoms with E-state index in [1.807, 2.05) is 12.1 Å². The number of hydrogen-bond acceptors (Lipinski definition) is 1. The summed E-state index contributed by atoms with van der Waals surface area (Å²) in [6.45, 7) is 4.43. The van der Waals surface area contributed by atoms with Gasteiger partial charge in [-0.15, -0.1) is 0 Å². The van der Waals surface area contributed by atoms with Crippen LogP contribution in [0, 0.1) is 0 Å². The number of halogens is 2. The monoisotopic (exact) mass is 289 g/mol. The molecule has 0 fully saturated rings. The first-order valence-electron chi connectivity index (χ1n) is 5.17. The lowest BCUT2D eigenvalue weighted by molar-refractivity contribution is 0.662. The molecule has 0 N–H and O–H groups in total. The third-order valence-corrected chi connectivity index (χ3v) is 3.66. The van der Waals surface area contributed by atoms with Crippen LogP contribution >= 0.6 is 27.5 Å². The molecule has 0 amide bonds. The van der Waals surface area contributed by atoms with Gasteiger partial charge in [-0.2, -0.15) is 0 Å².